The first-order valence-corrected chi connectivity index (χ1v) is 9.18. The molecular formula is C21H29NO5. The Morgan fingerprint density at radius 3 is 2.30 bits per heavy atom. The molecule has 1 heterocycles. The molecular weight excluding hydrogens is 346 g/mol. The Morgan fingerprint density at radius 2 is 1.78 bits per heavy atom. The number of Topliss-reactive ketones (excluding diaryl/α,β-unsaturated/α-hetero) is 1. The SMILES string of the molecule is COC(=O)C1(C)C(=O)C(C)(C)C(C)OC1CCc1ccc(NC(C)=O)cc1. The van der Waals surface area contributed by atoms with Crippen LogP contribution in [0.5, 0.6) is 0 Å². The Bertz CT molecular complexity index is 725. The van der Waals surface area contributed by atoms with E-state index in [1.54, 1.807) is 20.8 Å². The van der Waals surface area contributed by atoms with Gasteiger partial charge in [-0.1, -0.05) is 26.0 Å². The Balaban J connectivity index is 2.18. The second kappa shape index (κ2) is 7.80. The van der Waals surface area contributed by atoms with Gasteiger partial charge in [-0.3, -0.25) is 14.4 Å². The lowest BCUT2D eigenvalue weighted by Crippen LogP contribution is -2.61. The molecule has 0 aliphatic carbocycles. The van der Waals surface area contributed by atoms with Gasteiger partial charge >= 0.3 is 5.97 Å². The van der Waals surface area contributed by atoms with Crippen LogP contribution in [0, 0.1) is 10.8 Å². The number of hydrogen-bond donors (Lipinski definition) is 1. The quantitative estimate of drug-likeness (QED) is 0.632. The average Bonchev–Trinajstić information content (AvgIpc) is 2.62. The lowest BCUT2D eigenvalue weighted by Gasteiger charge is -2.48. The van der Waals surface area contributed by atoms with E-state index in [0.29, 0.717) is 12.8 Å². The van der Waals surface area contributed by atoms with Crippen molar-refractivity contribution in [3.8, 4) is 0 Å². The molecule has 6 heteroatoms. The number of rotatable bonds is 5. The summed E-state index contributed by atoms with van der Waals surface area (Å²) in [5.41, 5.74) is -0.338. The van der Waals surface area contributed by atoms with Crippen molar-refractivity contribution in [3.05, 3.63) is 29.8 Å². The third-order valence-electron chi connectivity index (χ3n) is 5.66. The molecule has 148 valence electrons. The lowest BCUT2D eigenvalue weighted by atomic mass is 9.64. The molecule has 0 saturated carbocycles. The Hall–Kier alpha value is -2.21. The van der Waals surface area contributed by atoms with Crippen LogP contribution in [0.3, 0.4) is 0 Å². The number of benzene rings is 1. The minimum atomic E-state index is -1.33. The summed E-state index contributed by atoms with van der Waals surface area (Å²) in [7, 11) is 1.30. The summed E-state index contributed by atoms with van der Waals surface area (Å²) in [6.45, 7) is 8.56. The van der Waals surface area contributed by atoms with E-state index in [0.717, 1.165) is 11.3 Å². The lowest BCUT2D eigenvalue weighted by molar-refractivity contribution is -0.199. The highest BCUT2D eigenvalue weighted by atomic mass is 16.5. The minimum Gasteiger partial charge on any atom is -0.468 e. The number of aryl methyl sites for hydroxylation is 1. The van der Waals surface area contributed by atoms with Gasteiger partial charge in [0.1, 0.15) is 5.41 Å². The molecule has 27 heavy (non-hydrogen) atoms. The number of amides is 1. The third kappa shape index (κ3) is 4.05. The zero-order valence-corrected chi connectivity index (χ0v) is 16.9. The number of anilines is 1. The van der Waals surface area contributed by atoms with Crippen LogP contribution in [0.1, 0.15) is 46.6 Å². The van der Waals surface area contributed by atoms with Crippen LogP contribution in [-0.2, 0) is 30.3 Å². The average molecular weight is 375 g/mol. The number of carbonyl (C=O) groups is 3. The first-order valence-electron chi connectivity index (χ1n) is 9.18. The zero-order valence-electron chi connectivity index (χ0n) is 16.9. The number of ether oxygens (including phenoxy) is 2. The van der Waals surface area contributed by atoms with E-state index in [4.69, 9.17) is 9.47 Å². The molecule has 2 rings (SSSR count). The highest BCUT2D eigenvalue weighted by molar-refractivity contribution is 6.07. The molecule has 1 aromatic carbocycles. The largest absolute Gasteiger partial charge is 0.468 e. The maximum atomic E-state index is 13.1. The fourth-order valence-corrected chi connectivity index (χ4v) is 3.60. The highest BCUT2D eigenvalue weighted by Crippen LogP contribution is 2.45. The van der Waals surface area contributed by atoms with E-state index in [1.807, 2.05) is 31.2 Å². The van der Waals surface area contributed by atoms with Gasteiger partial charge in [0, 0.05) is 12.6 Å². The number of nitrogens with one attached hydrogen (secondary N) is 1. The number of carbonyl (C=O) groups excluding carboxylic acids is 3. The van der Waals surface area contributed by atoms with E-state index in [2.05, 4.69) is 5.32 Å². The van der Waals surface area contributed by atoms with Crippen molar-refractivity contribution in [2.24, 2.45) is 10.8 Å². The molecule has 1 N–H and O–H groups in total. The molecule has 0 bridgehead atoms. The molecule has 1 aliphatic heterocycles. The standard InChI is InChI=1S/C21H29NO5/c1-13-20(3,4)18(24)21(5,19(25)26-6)17(27-13)12-9-15-7-10-16(11-8-15)22-14(2)23/h7-8,10-11,13,17H,9,12H2,1-6H3,(H,22,23). The summed E-state index contributed by atoms with van der Waals surface area (Å²) in [6, 6.07) is 7.49. The predicted molar refractivity (Wildman–Crippen MR) is 102 cm³/mol. The predicted octanol–water partition coefficient (Wildman–Crippen LogP) is 3.14. The van der Waals surface area contributed by atoms with E-state index in [1.165, 1.54) is 14.0 Å². The normalized spacial score (nSPS) is 27.1. The van der Waals surface area contributed by atoms with Crippen molar-refractivity contribution in [2.75, 3.05) is 12.4 Å². The zero-order chi connectivity index (χ0) is 20.4. The van der Waals surface area contributed by atoms with Crippen LogP contribution < -0.4 is 5.32 Å². The second-order valence-electron chi connectivity index (χ2n) is 7.93. The Morgan fingerprint density at radius 1 is 1.19 bits per heavy atom. The van der Waals surface area contributed by atoms with Gasteiger partial charge in [-0.25, -0.2) is 0 Å². The van der Waals surface area contributed by atoms with E-state index in [9.17, 15) is 14.4 Å². The van der Waals surface area contributed by atoms with E-state index >= 15 is 0 Å². The number of ketones is 1. The van der Waals surface area contributed by atoms with Gasteiger partial charge in [0.15, 0.2) is 5.78 Å². The molecule has 1 aromatic rings. The van der Waals surface area contributed by atoms with Crippen molar-refractivity contribution in [2.45, 2.75) is 59.7 Å². The summed E-state index contributed by atoms with van der Waals surface area (Å²) in [6.07, 6.45) is 0.292. The van der Waals surface area contributed by atoms with Crippen molar-refractivity contribution in [3.63, 3.8) is 0 Å². The van der Waals surface area contributed by atoms with Crippen molar-refractivity contribution in [1.29, 1.82) is 0 Å². The minimum absolute atomic E-state index is 0.123. The molecule has 1 saturated heterocycles. The van der Waals surface area contributed by atoms with Crippen molar-refractivity contribution >= 4 is 23.3 Å². The summed E-state index contributed by atoms with van der Waals surface area (Å²) in [5.74, 6) is -0.826. The van der Waals surface area contributed by atoms with Gasteiger partial charge in [0.25, 0.3) is 0 Å². The Kier molecular flexibility index (Phi) is 6.10. The van der Waals surface area contributed by atoms with Gasteiger partial charge in [0.05, 0.1) is 24.7 Å². The second-order valence-corrected chi connectivity index (χ2v) is 7.93. The van der Waals surface area contributed by atoms with Gasteiger partial charge in [0.2, 0.25) is 5.91 Å². The molecule has 0 radical (unpaired) electrons. The van der Waals surface area contributed by atoms with Crippen LogP contribution in [-0.4, -0.2) is 37.0 Å². The first kappa shape index (κ1) is 21.1. The highest BCUT2D eigenvalue weighted by Gasteiger charge is 2.59. The van der Waals surface area contributed by atoms with Crippen LogP contribution in [0.2, 0.25) is 0 Å². The van der Waals surface area contributed by atoms with Gasteiger partial charge in [-0.15, -0.1) is 0 Å². The molecule has 1 fully saturated rings. The molecule has 0 aromatic heterocycles. The summed E-state index contributed by atoms with van der Waals surface area (Å²) >= 11 is 0. The monoisotopic (exact) mass is 375 g/mol. The molecule has 1 aliphatic rings. The molecule has 3 atom stereocenters. The molecule has 0 spiro atoms. The van der Waals surface area contributed by atoms with Crippen LogP contribution in [0.4, 0.5) is 5.69 Å². The van der Waals surface area contributed by atoms with Crippen LogP contribution in [0.15, 0.2) is 24.3 Å². The first-order chi connectivity index (χ1) is 12.5. The Labute approximate surface area is 160 Å². The molecule has 6 nitrogen and oxygen atoms in total. The van der Waals surface area contributed by atoms with Gasteiger partial charge in [-0.05, 0) is 44.4 Å². The third-order valence-corrected chi connectivity index (χ3v) is 5.66. The number of methoxy groups -OCH3 is 1. The smallest absolute Gasteiger partial charge is 0.321 e. The number of hydrogen-bond acceptors (Lipinski definition) is 5. The van der Waals surface area contributed by atoms with E-state index < -0.39 is 22.9 Å². The fraction of sp³-hybridized carbons (Fsp3) is 0.571. The van der Waals surface area contributed by atoms with Crippen LogP contribution in [0.25, 0.3) is 0 Å². The molecule has 1 amide bonds. The van der Waals surface area contributed by atoms with Crippen LogP contribution >= 0.6 is 0 Å². The van der Waals surface area contributed by atoms with E-state index in [-0.39, 0.29) is 17.8 Å². The van der Waals surface area contributed by atoms with Crippen molar-refractivity contribution < 1.29 is 23.9 Å². The van der Waals surface area contributed by atoms with Gasteiger partial charge < -0.3 is 14.8 Å². The molecule has 3 unspecified atom stereocenters. The van der Waals surface area contributed by atoms with Crippen molar-refractivity contribution in [1.82, 2.24) is 0 Å². The summed E-state index contributed by atoms with van der Waals surface area (Å²) in [5, 5.41) is 2.72. The summed E-state index contributed by atoms with van der Waals surface area (Å²) < 4.78 is 11.1. The summed E-state index contributed by atoms with van der Waals surface area (Å²) in [4.78, 5) is 36.7. The maximum Gasteiger partial charge on any atom is 0.321 e. The maximum absolute atomic E-state index is 13.1. The number of esters is 1. The fourth-order valence-electron chi connectivity index (χ4n) is 3.60. The topological polar surface area (TPSA) is 81.7 Å². The van der Waals surface area contributed by atoms with Gasteiger partial charge in [-0.2, -0.15) is 0 Å².